The van der Waals surface area contributed by atoms with E-state index < -0.39 is 5.82 Å². The highest BCUT2D eigenvalue weighted by Gasteiger charge is 2.35. The first-order valence-electron chi connectivity index (χ1n) is 9.71. The van der Waals surface area contributed by atoms with Gasteiger partial charge in [0.15, 0.2) is 0 Å². The Morgan fingerprint density at radius 1 is 1.13 bits per heavy atom. The number of methoxy groups -OCH3 is 1. The van der Waals surface area contributed by atoms with Gasteiger partial charge in [-0.15, -0.1) is 11.8 Å². The summed E-state index contributed by atoms with van der Waals surface area (Å²) in [6.07, 6.45) is 0. The van der Waals surface area contributed by atoms with Gasteiger partial charge in [0.1, 0.15) is 16.9 Å². The van der Waals surface area contributed by atoms with Crippen molar-refractivity contribution in [3.63, 3.8) is 0 Å². The van der Waals surface area contributed by atoms with Crippen LogP contribution in [-0.4, -0.2) is 24.7 Å². The SMILES string of the molecule is COc1ccc(C(=O)Nc2cccc([C@@H]3SCC(=O)N3c3cc(C)ccc3F)c2)cc1. The van der Waals surface area contributed by atoms with Crippen molar-refractivity contribution in [2.24, 2.45) is 0 Å². The largest absolute Gasteiger partial charge is 0.497 e. The molecule has 1 saturated heterocycles. The van der Waals surface area contributed by atoms with E-state index in [0.29, 0.717) is 17.0 Å². The lowest BCUT2D eigenvalue weighted by Crippen LogP contribution is -2.28. The Labute approximate surface area is 184 Å². The average Bonchev–Trinajstić information content (AvgIpc) is 3.17. The Bertz CT molecular complexity index is 1130. The summed E-state index contributed by atoms with van der Waals surface area (Å²) >= 11 is 1.43. The first-order chi connectivity index (χ1) is 15.0. The van der Waals surface area contributed by atoms with E-state index >= 15 is 0 Å². The van der Waals surface area contributed by atoms with Crippen LogP contribution in [0.2, 0.25) is 0 Å². The van der Waals surface area contributed by atoms with Crippen LogP contribution in [0, 0.1) is 12.7 Å². The molecule has 1 aliphatic rings. The van der Waals surface area contributed by atoms with Crippen LogP contribution in [0.15, 0.2) is 66.7 Å². The van der Waals surface area contributed by atoms with Gasteiger partial charge in [0.05, 0.1) is 18.6 Å². The van der Waals surface area contributed by atoms with Crippen molar-refractivity contribution in [2.75, 3.05) is 23.1 Å². The number of aryl methyl sites for hydroxylation is 1. The Hall–Kier alpha value is -3.32. The average molecular weight is 437 g/mol. The normalized spacial score (nSPS) is 15.8. The smallest absolute Gasteiger partial charge is 0.255 e. The van der Waals surface area contributed by atoms with Crippen LogP contribution >= 0.6 is 11.8 Å². The standard InChI is InChI=1S/C24H21FN2O3S/c1-15-6-11-20(25)21(12-15)27-22(28)14-31-24(27)17-4-3-5-18(13-17)26-23(29)16-7-9-19(30-2)10-8-16/h3-13,24H,14H2,1-2H3,(H,26,29)/t24-/m0/s1. The van der Waals surface area contributed by atoms with Crippen LogP contribution in [0.25, 0.3) is 0 Å². The minimum Gasteiger partial charge on any atom is -0.497 e. The molecule has 0 bridgehead atoms. The summed E-state index contributed by atoms with van der Waals surface area (Å²) in [7, 11) is 1.57. The van der Waals surface area contributed by atoms with E-state index in [-0.39, 0.29) is 28.6 Å². The summed E-state index contributed by atoms with van der Waals surface area (Å²) in [5, 5.41) is 2.51. The molecule has 0 radical (unpaired) electrons. The maximum absolute atomic E-state index is 14.5. The molecule has 3 aromatic rings. The number of halogens is 1. The number of carbonyl (C=O) groups is 2. The zero-order chi connectivity index (χ0) is 22.0. The Kier molecular flexibility index (Phi) is 5.95. The molecule has 1 fully saturated rings. The maximum atomic E-state index is 14.5. The third-order valence-corrected chi connectivity index (χ3v) is 6.22. The number of benzene rings is 3. The van der Waals surface area contributed by atoms with Gasteiger partial charge in [-0.2, -0.15) is 0 Å². The number of thioether (sulfide) groups is 1. The molecule has 0 aromatic heterocycles. The van der Waals surface area contributed by atoms with E-state index in [1.807, 2.05) is 25.1 Å². The third-order valence-electron chi connectivity index (χ3n) is 5.01. The predicted octanol–water partition coefficient (Wildman–Crippen LogP) is 5.17. The summed E-state index contributed by atoms with van der Waals surface area (Å²) in [5.41, 5.74) is 3.06. The topological polar surface area (TPSA) is 58.6 Å². The number of nitrogens with one attached hydrogen (secondary N) is 1. The van der Waals surface area contributed by atoms with Crippen LogP contribution in [0.1, 0.15) is 26.9 Å². The third kappa shape index (κ3) is 4.41. The lowest BCUT2D eigenvalue weighted by Gasteiger charge is -2.25. The number of ether oxygens (including phenoxy) is 1. The first-order valence-corrected chi connectivity index (χ1v) is 10.8. The molecular formula is C24H21FN2O3S. The van der Waals surface area contributed by atoms with E-state index in [0.717, 1.165) is 11.1 Å². The number of rotatable bonds is 5. The van der Waals surface area contributed by atoms with Crippen molar-refractivity contribution in [3.8, 4) is 5.75 Å². The first kappa shape index (κ1) is 20.9. The fraction of sp³-hybridized carbons (Fsp3) is 0.167. The second kappa shape index (κ2) is 8.81. The molecule has 2 amide bonds. The summed E-state index contributed by atoms with van der Waals surface area (Å²) in [4.78, 5) is 26.7. The van der Waals surface area contributed by atoms with E-state index in [9.17, 15) is 14.0 Å². The fourth-order valence-electron chi connectivity index (χ4n) is 3.45. The quantitative estimate of drug-likeness (QED) is 0.599. The van der Waals surface area contributed by atoms with E-state index in [1.54, 1.807) is 49.6 Å². The number of hydrogen-bond donors (Lipinski definition) is 1. The van der Waals surface area contributed by atoms with Crippen LogP contribution in [-0.2, 0) is 4.79 Å². The monoisotopic (exact) mass is 436 g/mol. The molecule has 3 aromatic carbocycles. The van der Waals surface area contributed by atoms with Gasteiger partial charge in [-0.3, -0.25) is 14.5 Å². The maximum Gasteiger partial charge on any atom is 0.255 e. The second-order valence-corrected chi connectivity index (χ2v) is 8.26. The Balaban J connectivity index is 1.58. The van der Waals surface area contributed by atoms with E-state index in [4.69, 9.17) is 4.74 Å². The minimum atomic E-state index is -0.435. The van der Waals surface area contributed by atoms with Crippen molar-refractivity contribution in [1.29, 1.82) is 0 Å². The lowest BCUT2D eigenvalue weighted by molar-refractivity contribution is -0.115. The zero-order valence-corrected chi connectivity index (χ0v) is 17.9. The molecule has 0 unspecified atom stereocenters. The molecule has 1 aliphatic heterocycles. The van der Waals surface area contributed by atoms with Gasteiger partial charge in [-0.1, -0.05) is 18.2 Å². The van der Waals surface area contributed by atoms with Crippen LogP contribution in [0.5, 0.6) is 5.75 Å². The lowest BCUT2D eigenvalue weighted by atomic mass is 10.1. The van der Waals surface area contributed by atoms with Crippen molar-refractivity contribution in [1.82, 2.24) is 0 Å². The molecule has 1 atom stereocenters. The molecule has 31 heavy (non-hydrogen) atoms. The Morgan fingerprint density at radius 3 is 2.65 bits per heavy atom. The molecule has 7 heteroatoms. The highest BCUT2D eigenvalue weighted by molar-refractivity contribution is 8.00. The molecule has 1 N–H and O–H groups in total. The summed E-state index contributed by atoms with van der Waals surface area (Å²) in [6.45, 7) is 1.86. The molecule has 5 nitrogen and oxygen atoms in total. The Morgan fingerprint density at radius 2 is 1.90 bits per heavy atom. The van der Waals surface area contributed by atoms with Gasteiger partial charge < -0.3 is 10.1 Å². The zero-order valence-electron chi connectivity index (χ0n) is 17.1. The molecule has 0 spiro atoms. The molecule has 1 heterocycles. The summed E-state index contributed by atoms with van der Waals surface area (Å²) < 4.78 is 19.6. The fourth-order valence-corrected chi connectivity index (χ4v) is 4.61. The van der Waals surface area contributed by atoms with Crippen molar-refractivity contribution in [2.45, 2.75) is 12.3 Å². The predicted molar refractivity (Wildman–Crippen MR) is 121 cm³/mol. The van der Waals surface area contributed by atoms with Crippen molar-refractivity contribution >= 4 is 35.0 Å². The number of amides is 2. The summed E-state index contributed by atoms with van der Waals surface area (Å²) in [6, 6.07) is 18.8. The minimum absolute atomic E-state index is 0.146. The molecule has 4 rings (SSSR count). The number of nitrogens with zero attached hydrogens (tertiary/aromatic N) is 1. The molecule has 158 valence electrons. The van der Waals surface area contributed by atoms with E-state index in [1.165, 1.54) is 22.7 Å². The van der Waals surface area contributed by atoms with Crippen LogP contribution < -0.4 is 15.0 Å². The van der Waals surface area contributed by atoms with Crippen LogP contribution in [0.4, 0.5) is 15.8 Å². The number of hydrogen-bond acceptors (Lipinski definition) is 4. The van der Waals surface area contributed by atoms with Gasteiger partial charge >= 0.3 is 0 Å². The highest BCUT2D eigenvalue weighted by atomic mass is 32.2. The number of anilines is 2. The van der Waals surface area contributed by atoms with Crippen LogP contribution in [0.3, 0.4) is 0 Å². The highest BCUT2D eigenvalue weighted by Crippen LogP contribution is 2.43. The summed E-state index contributed by atoms with van der Waals surface area (Å²) in [5.74, 6) is 0.101. The molecular weight excluding hydrogens is 415 g/mol. The van der Waals surface area contributed by atoms with Gasteiger partial charge in [0.25, 0.3) is 5.91 Å². The van der Waals surface area contributed by atoms with Gasteiger partial charge in [-0.25, -0.2) is 4.39 Å². The second-order valence-electron chi connectivity index (χ2n) is 7.19. The van der Waals surface area contributed by atoms with Crippen molar-refractivity contribution in [3.05, 3.63) is 89.2 Å². The van der Waals surface area contributed by atoms with Gasteiger partial charge in [-0.05, 0) is 66.6 Å². The molecule has 0 saturated carbocycles. The van der Waals surface area contributed by atoms with Gasteiger partial charge in [0.2, 0.25) is 5.91 Å². The van der Waals surface area contributed by atoms with E-state index in [2.05, 4.69) is 5.32 Å². The van der Waals surface area contributed by atoms with Gasteiger partial charge in [0, 0.05) is 11.3 Å². The van der Waals surface area contributed by atoms with Crippen molar-refractivity contribution < 1.29 is 18.7 Å². The molecule has 0 aliphatic carbocycles. The number of carbonyl (C=O) groups excluding carboxylic acids is 2.